The highest BCUT2D eigenvalue weighted by Crippen LogP contribution is 2.13. The Hall–Kier alpha value is -2.11. The van der Waals surface area contributed by atoms with Crippen molar-refractivity contribution in [3.05, 3.63) is 35.6 Å². The van der Waals surface area contributed by atoms with Gasteiger partial charge in [-0.15, -0.1) is 0 Å². The Morgan fingerprint density at radius 1 is 1.28 bits per heavy atom. The van der Waals surface area contributed by atoms with Crippen LogP contribution in [0.15, 0.2) is 24.3 Å². The molecule has 0 radical (unpaired) electrons. The second-order valence-electron chi connectivity index (χ2n) is 7.65. The largest absolute Gasteiger partial charge is 0.444 e. The molecule has 0 spiro atoms. The van der Waals surface area contributed by atoms with Crippen LogP contribution in [0, 0.1) is 11.7 Å². The molecule has 2 amide bonds. The summed E-state index contributed by atoms with van der Waals surface area (Å²) in [6, 6.07) is 5.42. The van der Waals surface area contributed by atoms with Crippen molar-refractivity contribution in [1.82, 2.24) is 10.2 Å². The van der Waals surface area contributed by atoms with E-state index < -0.39 is 17.7 Å². The Morgan fingerprint density at radius 2 is 1.92 bits per heavy atom. The van der Waals surface area contributed by atoms with E-state index in [1.165, 1.54) is 17.0 Å². The van der Waals surface area contributed by atoms with E-state index in [9.17, 15) is 14.0 Å². The van der Waals surface area contributed by atoms with E-state index in [1.807, 2.05) is 13.8 Å². The second-order valence-corrected chi connectivity index (χ2v) is 7.65. The van der Waals surface area contributed by atoms with Crippen molar-refractivity contribution in [3.63, 3.8) is 0 Å². The van der Waals surface area contributed by atoms with E-state index in [0.29, 0.717) is 12.0 Å². The number of carbonyl (C=O) groups is 2. The van der Waals surface area contributed by atoms with Gasteiger partial charge in [0.1, 0.15) is 17.5 Å². The number of hydrogen-bond acceptors (Lipinski definition) is 3. The summed E-state index contributed by atoms with van der Waals surface area (Å²) in [5.74, 6) is -0.362. The van der Waals surface area contributed by atoms with Crippen LogP contribution in [0.3, 0.4) is 0 Å². The van der Waals surface area contributed by atoms with Crippen LogP contribution in [0.5, 0.6) is 0 Å². The lowest BCUT2D eigenvalue weighted by atomic mass is 10.0. The average Bonchev–Trinajstić information content (AvgIpc) is 2.43. The Kier molecular flexibility index (Phi) is 7.39. The first-order valence-corrected chi connectivity index (χ1v) is 8.47. The molecule has 1 N–H and O–H groups in total. The molecule has 0 aliphatic carbocycles. The number of hydrogen-bond donors (Lipinski definition) is 1. The molecule has 0 saturated heterocycles. The summed E-state index contributed by atoms with van der Waals surface area (Å²) in [5.41, 5.74) is 0.0552. The standard InChI is InChI=1S/C19H29FN2O3/c1-13(2)10-16(21-18(24)25-19(3,4)5)17(23)22(6)12-14-8-7-9-15(20)11-14/h7-9,11,13,16H,10,12H2,1-6H3,(H,21,24). The molecule has 1 aromatic rings. The molecule has 0 heterocycles. The van der Waals surface area contributed by atoms with Crippen molar-refractivity contribution >= 4 is 12.0 Å². The predicted octanol–water partition coefficient (Wildman–Crippen LogP) is 3.72. The van der Waals surface area contributed by atoms with E-state index in [1.54, 1.807) is 40.0 Å². The Morgan fingerprint density at radius 3 is 2.44 bits per heavy atom. The number of nitrogens with one attached hydrogen (secondary N) is 1. The van der Waals surface area contributed by atoms with Crippen LogP contribution >= 0.6 is 0 Å². The van der Waals surface area contributed by atoms with Gasteiger partial charge in [0.15, 0.2) is 0 Å². The maximum atomic E-state index is 13.3. The monoisotopic (exact) mass is 352 g/mol. The fourth-order valence-corrected chi connectivity index (χ4v) is 2.40. The van der Waals surface area contributed by atoms with E-state index in [0.717, 1.165) is 0 Å². The third-order valence-electron chi connectivity index (χ3n) is 3.38. The highest BCUT2D eigenvalue weighted by molar-refractivity contribution is 5.85. The van der Waals surface area contributed by atoms with Gasteiger partial charge in [-0.25, -0.2) is 9.18 Å². The first-order chi connectivity index (χ1) is 11.5. The number of rotatable bonds is 6. The summed E-state index contributed by atoms with van der Waals surface area (Å²) in [4.78, 5) is 26.2. The van der Waals surface area contributed by atoms with E-state index in [4.69, 9.17) is 4.74 Å². The van der Waals surface area contributed by atoms with Crippen LogP contribution in [0.1, 0.15) is 46.6 Å². The van der Waals surface area contributed by atoms with Crippen molar-refractivity contribution in [2.45, 2.75) is 59.2 Å². The van der Waals surface area contributed by atoms with Crippen molar-refractivity contribution < 1.29 is 18.7 Å². The average molecular weight is 352 g/mol. The van der Waals surface area contributed by atoms with Crippen molar-refractivity contribution in [2.75, 3.05) is 7.05 Å². The molecule has 140 valence electrons. The predicted molar refractivity (Wildman–Crippen MR) is 95.5 cm³/mol. The second kappa shape index (κ2) is 8.83. The molecule has 0 bridgehead atoms. The van der Waals surface area contributed by atoms with Gasteiger partial charge in [-0.3, -0.25) is 4.79 Å². The third-order valence-corrected chi connectivity index (χ3v) is 3.38. The summed E-state index contributed by atoms with van der Waals surface area (Å²) in [6.45, 7) is 9.51. The molecule has 0 aliphatic rings. The molecule has 1 atom stereocenters. The van der Waals surface area contributed by atoms with Gasteiger partial charge in [0.25, 0.3) is 0 Å². The SMILES string of the molecule is CC(C)CC(NC(=O)OC(C)(C)C)C(=O)N(C)Cc1cccc(F)c1. The van der Waals surface area contributed by atoms with Crippen LogP contribution in [-0.2, 0) is 16.1 Å². The number of ether oxygens (including phenoxy) is 1. The van der Waals surface area contributed by atoms with E-state index >= 15 is 0 Å². The lowest BCUT2D eigenvalue weighted by Gasteiger charge is -2.27. The fraction of sp³-hybridized carbons (Fsp3) is 0.579. The smallest absolute Gasteiger partial charge is 0.408 e. The molecule has 5 nitrogen and oxygen atoms in total. The molecule has 1 aromatic carbocycles. The number of likely N-dealkylation sites (N-methyl/N-ethyl adjacent to an activating group) is 1. The number of amides is 2. The minimum absolute atomic E-state index is 0.214. The maximum Gasteiger partial charge on any atom is 0.408 e. The lowest BCUT2D eigenvalue weighted by molar-refractivity contribution is -0.133. The van der Waals surface area contributed by atoms with Gasteiger partial charge in [-0.05, 0) is 50.8 Å². The van der Waals surface area contributed by atoms with Crippen LogP contribution in [0.2, 0.25) is 0 Å². The summed E-state index contributed by atoms with van der Waals surface area (Å²) in [7, 11) is 1.64. The summed E-state index contributed by atoms with van der Waals surface area (Å²) in [5, 5.41) is 2.66. The number of carbonyl (C=O) groups excluding carboxylic acids is 2. The highest BCUT2D eigenvalue weighted by Gasteiger charge is 2.27. The molecular weight excluding hydrogens is 323 g/mol. The molecule has 1 rings (SSSR count). The molecule has 0 aromatic heterocycles. The zero-order chi connectivity index (χ0) is 19.2. The van der Waals surface area contributed by atoms with E-state index in [2.05, 4.69) is 5.32 Å². The molecule has 25 heavy (non-hydrogen) atoms. The number of halogens is 1. The molecule has 1 unspecified atom stereocenters. The fourth-order valence-electron chi connectivity index (χ4n) is 2.40. The Labute approximate surface area is 149 Å². The van der Waals surface area contributed by atoms with Gasteiger partial charge in [-0.1, -0.05) is 26.0 Å². The van der Waals surface area contributed by atoms with Gasteiger partial charge in [-0.2, -0.15) is 0 Å². The van der Waals surface area contributed by atoms with Gasteiger partial charge >= 0.3 is 6.09 Å². The van der Waals surface area contributed by atoms with Crippen LogP contribution < -0.4 is 5.32 Å². The lowest BCUT2D eigenvalue weighted by Crippen LogP contribution is -2.49. The van der Waals surface area contributed by atoms with Crippen molar-refractivity contribution in [2.24, 2.45) is 5.92 Å². The van der Waals surface area contributed by atoms with Gasteiger partial charge in [0, 0.05) is 13.6 Å². The third kappa shape index (κ3) is 8.01. The minimum atomic E-state index is -0.687. The van der Waals surface area contributed by atoms with Gasteiger partial charge in [0.05, 0.1) is 0 Å². The molecule has 6 heteroatoms. The normalized spacial score (nSPS) is 12.6. The number of nitrogens with zero attached hydrogens (tertiary/aromatic N) is 1. The topological polar surface area (TPSA) is 58.6 Å². The van der Waals surface area contributed by atoms with Crippen molar-refractivity contribution in [3.8, 4) is 0 Å². The molecule has 0 saturated carbocycles. The zero-order valence-electron chi connectivity index (χ0n) is 15.9. The van der Waals surface area contributed by atoms with Crippen molar-refractivity contribution in [1.29, 1.82) is 0 Å². The first-order valence-electron chi connectivity index (χ1n) is 8.47. The van der Waals surface area contributed by atoms with E-state index in [-0.39, 0.29) is 24.2 Å². The summed E-state index contributed by atoms with van der Waals surface area (Å²) in [6.07, 6.45) is -0.128. The Bertz CT molecular complexity index is 597. The van der Waals surface area contributed by atoms with Gasteiger partial charge < -0.3 is 15.0 Å². The van der Waals surface area contributed by atoms with Gasteiger partial charge in [0.2, 0.25) is 5.91 Å². The molecule has 0 aliphatic heterocycles. The minimum Gasteiger partial charge on any atom is -0.444 e. The zero-order valence-corrected chi connectivity index (χ0v) is 15.9. The number of alkyl carbamates (subject to hydrolysis) is 1. The highest BCUT2D eigenvalue weighted by atomic mass is 19.1. The first kappa shape index (κ1) is 20.9. The summed E-state index contributed by atoms with van der Waals surface area (Å²) < 4.78 is 18.5. The van der Waals surface area contributed by atoms with Crippen LogP contribution in [-0.4, -0.2) is 35.6 Å². The van der Waals surface area contributed by atoms with Crippen LogP contribution in [0.4, 0.5) is 9.18 Å². The Balaban J connectivity index is 2.79. The molecule has 0 fully saturated rings. The van der Waals surface area contributed by atoms with Crippen LogP contribution in [0.25, 0.3) is 0 Å². The summed E-state index contributed by atoms with van der Waals surface area (Å²) >= 11 is 0. The maximum absolute atomic E-state index is 13.3. The molecular formula is C19H29FN2O3. The number of benzene rings is 1. The quantitative estimate of drug-likeness (QED) is 0.849.